The van der Waals surface area contributed by atoms with Crippen LogP contribution >= 0.6 is 0 Å². The topological polar surface area (TPSA) is 108 Å². The first-order valence-electron chi connectivity index (χ1n) is 9.59. The molecule has 0 fully saturated rings. The number of aryl methyl sites for hydroxylation is 1. The third kappa shape index (κ3) is 3.83. The van der Waals surface area contributed by atoms with Crippen LogP contribution in [0.15, 0.2) is 66.0 Å². The molecule has 0 saturated heterocycles. The van der Waals surface area contributed by atoms with Crippen LogP contribution in [0.2, 0.25) is 0 Å². The Labute approximate surface area is 183 Å². The molecular formula is C23H20N4O5. The number of aromatic carboxylic acids is 1. The van der Waals surface area contributed by atoms with Crippen LogP contribution in [-0.4, -0.2) is 44.6 Å². The summed E-state index contributed by atoms with van der Waals surface area (Å²) in [6.45, 7) is 0. The van der Waals surface area contributed by atoms with Crippen molar-refractivity contribution >= 4 is 5.97 Å². The van der Waals surface area contributed by atoms with Crippen molar-refractivity contribution in [2.75, 3.05) is 14.2 Å². The van der Waals surface area contributed by atoms with Crippen molar-refractivity contribution in [2.45, 2.75) is 0 Å². The van der Waals surface area contributed by atoms with Gasteiger partial charge in [-0.1, -0.05) is 0 Å². The average Bonchev–Trinajstić information content (AvgIpc) is 3.30. The van der Waals surface area contributed by atoms with Crippen molar-refractivity contribution < 1.29 is 19.4 Å². The molecule has 3 heterocycles. The van der Waals surface area contributed by atoms with Crippen LogP contribution in [0.5, 0.6) is 11.6 Å². The molecule has 1 aromatic carbocycles. The third-order valence-electron chi connectivity index (χ3n) is 5.06. The van der Waals surface area contributed by atoms with Crippen LogP contribution in [-0.2, 0) is 7.05 Å². The van der Waals surface area contributed by atoms with E-state index in [0.717, 1.165) is 11.1 Å². The second-order valence-corrected chi connectivity index (χ2v) is 7.00. The average molecular weight is 432 g/mol. The fraction of sp³-hybridized carbons (Fsp3) is 0.130. The quantitative estimate of drug-likeness (QED) is 0.499. The number of benzene rings is 1. The monoisotopic (exact) mass is 432 g/mol. The van der Waals surface area contributed by atoms with Crippen LogP contribution in [0.3, 0.4) is 0 Å². The first kappa shape index (κ1) is 20.9. The Hall–Kier alpha value is -4.40. The van der Waals surface area contributed by atoms with Crippen molar-refractivity contribution in [3.8, 4) is 39.6 Å². The Bertz CT molecular complexity index is 1360. The molecule has 0 unspecified atom stereocenters. The van der Waals surface area contributed by atoms with E-state index in [-0.39, 0.29) is 11.1 Å². The summed E-state index contributed by atoms with van der Waals surface area (Å²) in [5, 5.41) is 13.9. The number of hydrogen-bond acceptors (Lipinski definition) is 6. The zero-order valence-corrected chi connectivity index (χ0v) is 17.6. The highest BCUT2D eigenvalue weighted by Gasteiger charge is 2.17. The highest BCUT2D eigenvalue weighted by atomic mass is 16.5. The van der Waals surface area contributed by atoms with Gasteiger partial charge in [0.05, 0.1) is 31.7 Å². The number of hydrogen-bond donors (Lipinski definition) is 1. The molecule has 32 heavy (non-hydrogen) atoms. The smallest absolute Gasteiger partial charge is 0.337 e. The summed E-state index contributed by atoms with van der Waals surface area (Å²) in [5.74, 6) is -0.105. The maximum Gasteiger partial charge on any atom is 0.337 e. The van der Waals surface area contributed by atoms with E-state index >= 15 is 0 Å². The molecular weight excluding hydrogens is 412 g/mol. The lowest BCUT2D eigenvalue weighted by Gasteiger charge is -2.11. The Morgan fingerprint density at radius 3 is 2.44 bits per heavy atom. The van der Waals surface area contributed by atoms with Crippen LogP contribution in [0.25, 0.3) is 27.9 Å². The van der Waals surface area contributed by atoms with Crippen molar-refractivity contribution in [1.82, 2.24) is 19.3 Å². The first-order chi connectivity index (χ1) is 15.4. The molecule has 4 rings (SSSR count). The summed E-state index contributed by atoms with van der Waals surface area (Å²) in [6, 6.07) is 9.73. The number of pyridine rings is 2. The van der Waals surface area contributed by atoms with Gasteiger partial charge in [-0.25, -0.2) is 14.5 Å². The number of nitrogens with zero attached hydrogens (tertiary/aromatic N) is 4. The van der Waals surface area contributed by atoms with E-state index in [2.05, 4.69) is 10.1 Å². The highest BCUT2D eigenvalue weighted by molar-refractivity contribution is 5.92. The van der Waals surface area contributed by atoms with E-state index in [1.165, 1.54) is 35.6 Å². The molecule has 0 aliphatic heterocycles. The van der Waals surface area contributed by atoms with Crippen molar-refractivity contribution in [1.29, 1.82) is 0 Å². The Balaban J connectivity index is 1.86. The van der Waals surface area contributed by atoms with Crippen molar-refractivity contribution in [2.24, 2.45) is 7.05 Å². The van der Waals surface area contributed by atoms with Gasteiger partial charge in [-0.2, -0.15) is 5.10 Å². The lowest BCUT2D eigenvalue weighted by Crippen LogP contribution is -2.15. The van der Waals surface area contributed by atoms with Gasteiger partial charge in [-0.3, -0.25) is 4.79 Å². The molecule has 9 nitrogen and oxygen atoms in total. The fourth-order valence-electron chi connectivity index (χ4n) is 3.36. The molecule has 0 aliphatic carbocycles. The summed E-state index contributed by atoms with van der Waals surface area (Å²) >= 11 is 0. The van der Waals surface area contributed by atoms with Gasteiger partial charge in [0.1, 0.15) is 5.75 Å². The van der Waals surface area contributed by atoms with Crippen molar-refractivity contribution in [3.05, 3.63) is 77.1 Å². The van der Waals surface area contributed by atoms with Gasteiger partial charge in [-0.15, -0.1) is 0 Å². The Morgan fingerprint density at radius 2 is 1.78 bits per heavy atom. The van der Waals surface area contributed by atoms with E-state index < -0.39 is 5.97 Å². The summed E-state index contributed by atoms with van der Waals surface area (Å²) in [6.07, 6.45) is 6.67. The molecule has 1 N–H and O–H groups in total. The molecule has 9 heteroatoms. The lowest BCUT2D eigenvalue weighted by atomic mass is 9.99. The van der Waals surface area contributed by atoms with Gasteiger partial charge in [-0.05, 0) is 23.8 Å². The summed E-state index contributed by atoms with van der Waals surface area (Å²) < 4.78 is 13.3. The zero-order chi connectivity index (χ0) is 22.8. The van der Waals surface area contributed by atoms with E-state index in [0.29, 0.717) is 28.4 Å². The van der Waals surface area contributed by atoms with Gasteiger partial charge >= 0.3 is 5.97 Å². The molecule has 3 aromatic heterocycles. The van der Waals surface area contributed by atoms with Gasteiger partial charge < -0.3 is 19.1 Å². The molecule has 0 bridgehead atoms. The van der Waals surface area contributed by atoms with Crippen molar-refractivity contribution in [3.63, 3.8) is 0 Å². The Kier molecular flexibility index (Phi) is 5.46. The minimum atomic E-state index is -1.08. The van der Waals surface area contributed by atoms with E-state index in [1.807, 2.05) is 6.07 Å². The maximum absolute atomic E-state index is 12.4. The van der Waals surface area contributed by atoms with Gasteiger partial charge in [0.15, 0.2) is 0 Å². The predicted molar refractivity (Wildman–Crippen MR) is 118 cm³/mol. The zero-order valence-electron chi connectivity index (χ0n) is 17.6. The highest BCUT2D eigenvalue weighted by Crippen LogP contribution is 2.32. The first-order valence-corrected chi connectivity index (χ1v) is 9.59. The molecule has 0 amide bonds. The van der Waals surface area contributed by atoms with Crippen LogP contribution in [0.4, 0.5) is 0 Å². The number of methoxy groups -OCH3 is 2. The molecule has 4 aromatic rings. The molecule has 0 atom stereocenters. The number of carboxylic acid groups (broad SMARTS) is 1. The Morgan fingerprint density at radius 1 is 0.969 bits per heavy atom. The number of carbonyl (C=O) groups is 1. The van der Waals surface area contributed by atoms with Gasteiger partial charge in [0.2, 0.25) is 5.88 Å². The predicted octanol–water partition coefficient (Wildman–Crippen LogP) is 3.02. The van der Waals surface area contributed by atoms with Crippen LogP contribution in [0.1, 0.15) is 10.4 Å². The van der Waals surface area contributed by atoms with Gasteiger partial charge in [0.25, 0.3) is 5.56 Å². The molecule has 0 aliphatic rings. The molecule has 162 valence electrons. The minimum Gasteiger partial charge on any atom is -0.497 e. The van der Waals surface area contributed by atoms with E-state index in [4.69, 9.17) is 9.47 Å². The van der Waals surface area contributed by atoms with Crippen LogP contribution < -0.4 is 15.0 Å². The SMILES string of the molecule is COc1ccc(C(=O)O)c(-n2cc(-c3cn(C)c(=O)cc3-c3ccc(OC)nc3)cn2)c1. The number of aromatic nitrogens is 4. The summed E-state index contributed by atoms with van der Waals surface area (Å²) in [4.78, 5) is 28.3. The van der Waals surface area contributed by atoms with Crippen LogP contribution in [0, 0.1) is 0 Å². The minimum absolute atomic E-state index is 0.0838. The summed E-state index contributed by atoms with van der Waals surface area (Å²) in [7, 11) is 4.70. The van der Waals surface area contributed by atoms with Gasteiger partial charge in [0, 0.05) is 60.5 Å². The third-order valence-corrected chi connectivity index (χ3v) is 5.06. The lowest BCUT2D eigenvalue weighted by molar-refractivity contribution is 0.0696. The van der Waals surface area contributed by atoms with E-state index in [9.17, 15) is 14.7 Å². The second-order valence-electron chi connectivity index (χ2n) is 7.00. The second kappa shape index (κ2) is 8.38. The molecule has 0 radical (unpaired) electrons. The molecule has 0 spiro atoms. The number of carboxylic acids is 1. The standard InChI is InChI=1S/C23H20N4O5/c1-26-13-19(18(9-22(26)28)14-4-7-21(32-3)24-10-14)15-11-25-27(12-15)20-8-16(31-2)5-6-17(20)23(29)30/h4-13H,1-3H3,(H,29,30). The number of rotatable bonds is 6. The fourth-order valence-corrected chi connectivity index (χ4v) is 3.36. The maximum atomic E-state index is 12.4. The largest absolute Gasteiger partial charge is 0.497 e. The number of ether oxygens (including phenoxy) is 2. The summed E-state index contributed by atoms with van der Waals surface area (Å²) in [5.41, 5.74) is 3.12. The molecule has 0 saturated carbocycles. The normalized spacial score (nSPS) is 10.7. The van der Waals surface area contributed by atoms with E-state index in [1.54, 1.807) is 50.0 Å².